The van der Waals surface area contributed by atoms with E-state index in [4.69, 9.17) is 14.2 Å². The minimum Gasteiger partial charge on any atom is -0.503 e. The number of carbonyl (C=O) groups is 1. The molecule has 0 aliphatic carbocycles. The highest BCUT2D eigenvalue weighted by Gasteiger charge is 2.19. The van der Waals surface area contributed by atoms with E-state index in [-0.39, 0.29) is 5.57 Å². The van der Waals surface area contributed by atoms with Crippen LogP contribution < -0.4 is 4.74 Å². The van der Waals surface area contributed by atoms with Crippen molar-refractivity contribution in [1.82, 2.24) is 4.98 Å². The zero-order valence-corrected chi connectivity index (χ0v) is 11.8. The van der Waals surface area contributed by atoms with Crippen molar-refractivity contribution in [2.45, 2.75) is 0 Å². The first-order valence-electron chi connectivity index (χ1n) is 6.26. The number of nitrogens with zero attached hydrogens (tertiary/aromatic N) is 1. The Morgan fingerprint density at radius 3 is 2.52 bits per heavy atom. The summed E-state index contributed by atoms with van der Waals surface area (Å²) in [5.74, 6) is 0.541. The molecule has 21 heavy (non-hydrogen) atoms. The number of pyridine rings is 1. The Bertz CT molecular complexity index is 638. The SMILES string of the molecule is COC=C(C(=O)OC)c1ncccc1Oc1ccccc1. The summed E-state index contributed by atoms with van der Waals surface area (Å²) in [4.78, 5) is 16.0. The first-order valence-corrected chi connectivity index (χ1v) is 6.26. The van der Waals surface area contributed by atoms with Crippen molar-refractivity contribution in [1.29, 1.82) is 0 Å². The Labute approximate surface area is 122 Å². The van der Waals surface area contributed by atoms with Crippen LogP contribution in [0.25, 0.3) is 5.57 Å². The lowest BCUT2D eigenvalue weighted by molar-refractivity contribution is -0.133. The average Bonchev–Trinajstić information content (AvgIpc) is 2.54. The predicted octanol–water partition coefficient (Wildman–Crippen LogP) is 3.03. The van der Waals surface area contributed by atoms with Crippen molar-refractivity contribution in [3.8, 4) is 11.5 Å². The number of hydrogen-bond acceptors (Lipinski definition) is 5. The monoisotopic (exact) mass is 285 g/mol. The molecule has 5 nitrogen and oxygen atoms in total. The van der Waals surface area contributed by atoms with Gasteiger partial charge in [0.2, 0.25) is 0 Å². The van der Waals surface area contributed by atoms with E-state index in [9.17, 15) is 4.79 Å². The van der Waals surface area contributed by atoms with Gasteiger partial charge in [-0.2, -0.15) is 0 Å². The van der Waals surface area contributed by atoms with Gasteiger partial charge in [-0.1, -0.05) is 18.2 Å². The van der Waals surface area contributed by atoms with E-state index in [1.807, 2.05) is 30.3 Å². The maximum atomic E-state index is 11.8. The minimum absolute atomic E-state index is 0.187. The van der Waals surface area contributed by atoms with Gasteiger partial charge in [0.05, 0.1) is 20.5 Å². The van der Waals surface area contributed by atoms with Crippen LogP contribution in [0.15, 0.2) is 54.9 Å². The summed E-state index contributed by atoms with van der Waals surface area (Å²) in [5.41, 5.74) is 0.543. The third kappa shape index (κ3) is 3.60. The molecule has 0 aliphatic rings. The molecule has 108 valence electrons. The first-order chi connectivity index (χ1) is 10.3. The molecule has 0 saturated heterocycles. The summed E-state index contributed by atoms with van der Waals surface area (Å²) in [5, 5.41) is 0. The third-order valence-corrected chi connectivity index (χ3v) is 2.64. The largest absolute Gasteiger partial charge is 0.503 e. The van der Waals surface area contributed by atoms with Gasteiger partial charge in [0.1, 0.15) is 17.0 Å². The quantitative estimate of drug-likeness (QED) is 0.480. The van der Waals surface area contributed by atoms with Gasteiger partial charge in [-0.15, -0.1) is 0 Å². The van der Waals surface area contributed by atoms with Crippen LogP contribution in [-0.4, -0.2) is 25.2 Å². The molecule has 5 heteroatoms. The first kappa shape index (κ1) is 14.6. The van der Waals surface area contributed by atoms with Crippen LogP contribution in [0, 0.1) is 0 Å². The van der Waals surface area contributed by atoms with E-state index in [2.05, 4.69) is 4.98 Å². The third-order valence-electron chi connectivity index (χ3n) is 2.64. The van der Waals surface area contributed by atoms with E-state index in [0.717, 1.165) is 0 Å². The summed E-state index contributed by atoms with van der Waals surface area (Å²) in [7, 11) is 2.75. The molecule has 0 amide bonds. The van der Waals surface area contributed by atoms with Gasteiger partial charge in [0.15, 0.2) is 5.75 Å². The molecular formula is C16H15NO4. The number of carbonyl (C=O) groups excluding carboxylic acids is 1. The fraction of sp³-hybridized carbons (Fsp3) is 0.125. The Morgan fingerprint density at radius 1 is 1.10 bits per heavy atom. The fourth-order valence-electron chi connectivity index (χ4n) is 1.72. The van der Waals surface area contributed by atoms with Gasteiger partial charge < -0.3 is 14.2 Å². The smallest absolute Gasteiger partial charge is 0.343 e. The normalized spacial score (nSPS) is 10.9. The molecule has 0 radical (unpaired) electrons. The van der Waals surface area contributed by atoms with E-state index in [1.54, 1.807) is 18.3 Å². The highest BCUT2D eigenvalue weighted by molar-refractivity contribution is 6.16. The second-order valence-electron chi connectivity index (χ2n) is 4.02. The van der Waals surface area contributed by atoms with Crippen LogP contribution in [0.2, 0.25) is 0 Å². The maximum absolute atomic E-state index is 11.8. The highest BCUT2D eigenvalue weighted by Crippen LogP contribution is 2.29. The Balaban J connectivity index is 2.40. The van der Waals surface area contributed by atoms with Crippen LogP contribution in [0.3, 0.4) is 0 Å². The number of aromatic nitrogens is 1. The Morgan fingerprint density at radius 2 is 1.86 bits per heavy atom. The van der Waals surface area contributed by atoms with Crippen molar-refractivity contribution in [3.63, 3.8) is 0 Å². The van der Waals surface area contributed by atoms with Crippen molar-refractivity contribution in [2.24, 2.45) is 0 Å². The summed E-state index contributed by atoms with van der Waals surface area (Å²) in [6, 6.07) is 12.7. The molecule has 2 aromatic rings. The number of ether oxygens (including phenoxy) is 3. The minimum atomic E-state index is -0.548. The van der Waals surface area contributed by atoms with Crippen molar-refractivity contribution < 1.29 is 19.0 Å². The molecule has 0 saturated carbocycles. The van der Waals surface area contributed by atoms with Gasteiger partial charge in [0, 0.05) is 6.20 Å². The lowest BCUT2D eigenvalue weighted by Crippen LogP contribution is -2.07. The number of rotatable bonds is 5. The van der Waals surface area contributed by atoms with Crippen LogP contribution in [0.4, 0.5) is 0 Å². The number of esters is 1. The molecule has 0 aliphatic heterocycles. The summed E-state index contributed by atoms with van der Waals surface area (Å²) in [6.07, 6.45) is 2.85. The van der Waals surface area contributed by atoms with Crippen LogP contribution in [0.5, 0.6) is 11.5 Å². The van der Waals surface area contributed by atoms with Crippen LogP contribution in [-0.2, 0) is 14.3 Å². The zero-order valence-electron chi connectivity index (χ0n) is 11.8. The standard InChI is InChI=1S/C16H15NO4/c1-19-11-13(16(18)20-2)15-14(9-6-10-17-15)21-12-7-4-3-5-8-12/h3-11H,1-2H3. The van der Waals surface area contributed by atoms with Crippen molar-refractivity contribution in [2.75, 3.05) is 14.2 Å². The summed E-state index contributed by atoms with van der Waals surface area (Å²) in [6.45, 7) is 0. The van der Waals surface area contributed by atoms with Gasteiger partial charge >= 0.3 is 5.97 Å². The molecule has 1 heterocycles. The van der Waals surface area contributed by atoms with Gasteiger partial charge in [-0.25, -0.2) is 4.79 Å². The van der Waals surface area contributed by atoms with Crippen molar-refractivity contribution in [3.05, 3.63) is 60.6 Å². The molecule has 1 aromatic heterocycles. The lowest BCUT2D eigenvalue weighted by atomic mass is 10.1. The highest BCUT2D eigenvalue weighted by atomic mass is 16.5. The average molecular weight is 285 g/mol. The second kappa shape index (κ2) is 7.09. The van der Waals surface area contributed by atoms with Gasteiger partial charge in [-0.3, -0.25) is 4.98 Å². The summed E-state index contributed by atoms with van der Waals surface area (Å²) >= 11 is 0. The molecular weight excluding hydrogens is 270 g/mol. The van der Waals surface area contributed by atoms with Gasteiger partial charge in [0.25, 0.3) is 0 Å². The molecule has 2 rings (SSSR count). The number of benzene rings is 1. The zero-order chi connectivity index (χ0) is 15.1. The maximum Gasteiger partial charge on any atom is 0.343 e. The van der Waals surface area contributed by atoms with Crippen LogP contribution in [0.1, 0.15) is 5.69 Å². The Hall–Kier alpha value is -2.82. The predicted molar refractivity (Wildman–Crippen MR) is 77.8 cm³/mol. The van der Waals surface area contributed by atoms with E-state index in [0.29, 0.717) is 17.2 Å². The second-order valence-corrected chi connectivity index (χ2v) is 4.02. The Kier molecular flexibility index (Phi) is 4.93. The van der Waals surface area contributed by atoms with Gasteiger partial charge in [-0.05, 0) is 24.3 Å². The fourth-order valence-corrected chi connectivity index (χ4v) is 1.72. The molecule has 0 bridgehead atoms. The summed E-state index contributed by atoms with van der Waals surface area (Å²) < 4.78 is 15.4. The molecule has 0 unspecified atom stereocenters. The molecule has 0 N–H and O–H groups in total. The number of para-hydroxylation sites is 1. The van der Waals surface area contributed by atoms with Crippen molar-refractivity contribution >= 4 is 11.5 Å². The molecule has 0 atom stereocenters. The molecule has 1 aromatic carbocycles. The van der Waals surface area contributed by atoms with E-state index in [1.165, 1.54) is 20.5 Å². The van der Waals surface area contributed by atoms with E-state index >= 15 is 0 Å². The number of hydrogen-bond donors (Lipinski definition) is 0. The van der Waals surface area contributed by atoms with Crippen LogP contribution >= 0.6 is 0 Å². The van der Waals surface area contributed by atoms with E-state index < -0.39 is 5.97 Å². The lowest BCUT2D eigenvalue weighted by Gasteiger charge is -2.11. The topological polar surface area (TPSA) is 57.7 Å². The number of methoxy groups -OCH3 is 2. The molecule has 0 spiro atoms. The molecule has 0 fully saturated rings.